The maximum atomic E-state index is 11.6. The Labute approximate surface area is 114 Å². The van der Waals surface area contributed by atoms with Crippen LogP contribution in [0.15, 0.2) is 24.4 Å². The summed E-state index contributed by atoms with van der Waals surface area (Å²) in [5.41, 5.74) is 0.438. The summed E-state index contributed by atoms with van der Waals surface area (Å²) in [6.07, 6.45) is 5.76. The molecule has 5 nitrogen and oxygen atoms in total. The molecule has 0 spiro atoms. The minimum atomic E-state index is -0.163. The van der Waals surface area contributed by atoms with Crippen LogP contribution in [0.4, 0.5) is 0 Å². The molecule has 1 aromatic heterocycles. The topological polar surface area (TPSA) is 68.3 Å². The van der Waals surface area contributed by atoms with E-state index in [1.807, 2.05) is 0 Å². The van der Waals surface area contributed by atoms with Gasteiger partial charge in [0.1, 0.15) is 5.69 Å². The van der Waals surface area contributed by atoms with E-state index < -0.39 is 0 Å². The van der Waals surface area contributed by atoms with Crippen LogP contribution < -0.4 is 5.32 Å². The second-order valence-electron chi connectivity index (χ2n) is 4.21. The standard InChI is InChI=1S/C14H20N2O3.H2/c1-19-13(17)9-4-2-3-6-11-16-14(18)12-8-5-7-10-15-12;/h5,7-8,10H,2-4,6,9,11H2,1H3,(H,16,18);1H. The van der Waals surface area contributed by atoms with E-state index >= 15 is 0 Å². The highest BCUT2D eigenvalue weighted by molar-refractivity contribution is 5.92. The lowest BCUT2D eigenvalue weighted by Gasteiger charge is -2.04. The first-order valence-electron chi connectivity index (χ1n) is 6.50. The Morgan fingerprint density at radius 1 is 1.26 bits per heavy atom. The van der Waals surface area contributed by atoms with E-state index in [1.54, 1.807) is 24.4 Å². The van der Waals surface area contributed by atoms with E-state index in [9.17, 15) is 9.59 Å². The van der Waals surface area contributed by atoms with Crippen LogP contribution in [0.3, 0.4) is 0 Å². The second kappa shape index (κ2) is 9.08. The molecule has 19 heavy (non-hydrogen) atoms. The van der Waals surface area contributed by atoms with Crippen molar-refractivity contribution in [2.75, 3.05) is 13.7 Å². The van der Waals surface area contributed by atoms with Gasteiger partial charge in [-0.3, -0.25) is 14.6 Å². The van der Waals surface area contributed by atoms with Gasteiger partial charge in [-0.2, -0.15) is 0 Å². The molecule has 1 rings (SSSR count). The van der Waals surface area contributed by atoms with Gasteiger partial charge in [0, 0.05) is 20.6 Å². The number of carbonyl (C=O) groups is 2. The molecule has 0 atom stereocenters. The summed E-state index contributed by atoms with van der Waals surface area (Å²) in [5, 5.41) is 2.82. The lowest BCUT2D eigenvalue weighted by atomic mass is 10.1. The van der Waals surface area contributed by atoms with Crippen molar-refractivity contribution in [3.8, 4) is 0 Å². The molecular formula is C14H22N2O3. The highest BCUT2D eigenvalue weighted by Crippen LogP contribution is 2.03. The van der Waals surface area contributed by atoms with Crippen molar-refractivity contribution in [3.05, 3.63) is 30.1 Å². The van der Waals surface area contributed by atoms with Gasteiger partial charge in [0.25, 0.3) is 5.91 Å². The summed E-state index contributed by atoms with van der Waals surface area (Å²) in [6, 6.07) is 5.25. The summed E-state index contributed by atoms with van der Waals surface area (Å²) in [4.78, 5) is 26.5. The lowest BCUT2D eigenvalue weighted by molar-refractivity contribution is -0.140. The van der Waals surface area contributed by atoms with E-state index in [2.05, 4.69) is 15.0 Å². The number of methoxy groups -OCH3 is 1. The molecule has 1 N–H and O–H groups in total. The van der Waals surface area contributed by atoms with Crippen LogP contribution in [0.2, 0.25) is 0 Å². The summed E-state index contributed by atoms with van der Waals surface area (Å²) in [7, 11) is 1.40. The van der Waals surface area contributed by atoms with Gasteiger partial charge in [-0.1, -0.05) is 18.9 Å². The predicted octanol–water partition coefficient (Wildman–Crippen LogP) is 2.18. The SMILES string of the molecule is COC(=O)CCCCCCNC(=O)c1ccccn1.[HH]. The number of amides is 1. The summed E-state index contributed by atoms with van der Waals surface area (Å²) in [5.74, 6) is -0.307. The van der Waals surface area contributed by atoms with E-state index in [4.69, 9.17) is 0 Å². The zero-order chi connectivity index (χ0) is 13.9. The maximum Gasteiger partial charge on any atom is 0.305 e. The van der Waals surface area contributed by atoms with Crippen LogP contribution in [-0.4, -0.2) is 30.5 Å². The van der Waals surface area contributed by atoms with Crippen molar-refractivity contribution in [3.63, 3.8) is 0 Å². The number of unbranched alkanes of at least 4 members (excludes halogenated alkanes) is 3. The maximum absolute atomic E-state index is 11.6. The largest absolute Gasteiger partial charge is 0.469 e. The minimum Gasteiger partial charge on any atom is -0.469 e. The Bertz CT molecular complexity index is 399. The second-order valence-corrected chi connectivity index (χ2v) is 4.21. The molecule has 0 fully saturated rings. The van der Waals surface area contributed by atoms with E-state index in [-0.39, 0.29) is 13.3 Å². The van der Waals surface area contributed by atoms with Gasteiger partial charge in [-0.15, -0.1) is 0 Å². The number of nitrogens with one attached hydrogen (secondary N) is 1. The quantitative estimate of drug-likeness (QED) is 0.578. The first kappa shape index (κ1) is 15.1. The minimum absolute atomic E-state index is 0. The van der Waals surface area contributed by atoms with Crippen LogP contribution in [-0.2, 0) is 9.53 Å². The van der Waals surface area contributed by atoms with Crippen LogP contribution in [0, 0.1) is 0 Å². The van der Waals surface area contributed by atoms with E-state index in [0.29, 0.717) is 18.7 Å². The Kier molecular flexibility index (Phi) is 7.24. The molecule has 106 valence electrons. The third-order valence-corrected chi connectivity index (χ3v) is 2.72. The van der Waals surface area contributed by atoms with Gasteiger partial charge < -0.3 is 10.1 Å². The molecule has 0 unspecified atom stereocenters. The molecule has 0 aliphatic heterocycles. The highest BCUT2D eigenvalue weighted by Gasteiger charge is 2.04. The van der Waals surface area contributed by atoms with Gasteiger partial charge in [0.15, 0.2) is 0 Å². The van der Waals surface area contributed by atoms with Crippen LogP contribution in [0.25, 0.3) is 0 Å². The van der Waals surface area contributed by atoms with Gasteiger partial charge in [0.2, 0.25) is 0 Å². The molecule has 1 heterocycles. The Morgan fingerprint density at radius 2 is 2.05 bits per heavy atom. The van der Waals surface area contributed by atoms with Gasteiger partial charge in [-0.05, 0) is 25.0 Å². The van der Waals surface area contributed by atoms with Crippen molar-refractivity contribution in [2.45, 2.75) is 32.1 Å². The fourth-order valence-corrected chi connectivity index (χ4v) is 1.64. The zero-order valence-corrected chi connectivity index (χ0v) is 11.2. The smallest absolute Gasteiger partial charge is 0.305 e. The van der Waals surface area contributed by atoms with Crippen molar-refractivity contribution < 1.29 is 15.8 Å². The molecule has 0 radical (unpaired) electrons. The summed E-state index contributed by atoms with van der Waals surface area (Å²) in [6.45, 7) is 0.633. The molecule has 0 bridgehead atoms. The van der Waals surface area contributed by atoms with Crippen LogP contribution >= 0.6 is 0 Å². The normalized spacial score (nSPS) is 9.95. The van der Waals surface area contributed by atoms with Crippen molar-refractivity contribution in [2.24, 2.45) is 0 Å². The zero-order valence-electron chi connectivity index (χ0n) is 11.2. The average molecular weight is 266 g/mol. The number of rotatable bonds is 8. The van der Waals surface area contributed by atoms with Crippen molar-refractivity contribution >= 4 is 11.9 Å². The van der Waals surface area contributed by atoms with Crippen LogP contribution in [0.1, 0.15) is 44.0 Å². The third kappa shape index (κ3) is 6.55. The van der Waals surface area contributed by atoms with Crippen molar-refractivity contribution in [1.82, 2.24) is 10.3 Å². The number of ether oxygens (including phenoxy) is 1. The van der Waals surface area contributed by atoms with E-state index in [1.165, 1.54) is 7.11 Å². The third-order valence-electron chi connectivity index (χ3n) is 2.72. The summed E-state index contributed by atoms with van der Waals surface area (Å²) >= 11 is 0. The molecule has 0 aromatic carbocycles. The molecule has 1 aromatic rings. The van der Waals surface area contributed by atoms with Gasteiger partial charge in [0.05, 0.1) is 7.11 Å². The molecule has 1 amide bonds. The first-order chi connectivity index (χ1) is 9.24. The number of nitrogens with zero attached hydrogens (tertiary/aromatic N) is 1. The molecule has 0 saturated carbocycles. The number of pyridine rings is 1. The van der Waals surface area contributed by atoms with Gasteiger partial charge in [-0.25, -0.2) is 0 Å². The monoisotopic (exact) mass is 266 g/mol. The number of hydrogen-bond donors (Lipinski definition) is 1. The average Bonchev–Trinajstić information content (AvgIpc) is 2.46. The first-order valence-corrected chi connectivity index (χ1v) is 6.50. The predicted molar refractivity (Wildman–Crippen MR) is 73.8 cm³/mol. The fourth-order valence-electron chi connectivity index (χ4n) is 1.64. The Morgan fingerprint density at radius 3 is 2.74 bits per heavy atom. The fraction of sp³-hybridized carbons (Fsp3) is 0.500. The molecular weight excluding hydrogens is 244 g/mol. The van der Waals surface area contributed by atoms with E-state index in [0.717, 1.165) is 25.7 Å². The van der Waals surface area contributed by atoms with Crippen LogP contribution in [0.5, 0.6) is 0 Å². The highest BCUT2D eigenvalue weighted by atomic mass is 16.5. The number of hydrogen-bond acceptors (Lipinski definition) is 4. The number of carbonyl (C=O) groups excluding carboxylic acids is 2. The van der Waals surface area contributed by atoms with Crippen molar-refractivity contribution in [1.29, 1.82) is 0 Å². The van der Waals surface area contributed by atoms with Gasteiger partial charge >= 0.3 is 5.97 Å². The molecule has 0 aliphatic carbocycles. The Balaban J connectivity index is 0.00000361. The summed E-state index contributed by atoms with van der Waals surface area (Å²) < 4.78 is 4.56. The molecule has 5 heteroatoms. The number of esters is 1. The lowest BCUT2D eigenvalue weighted by Crippen LogP contribution is -2.25. The Hall–Kier alpha value is -1.91. The molecule has 0 aliphatic rings. The number of aromatic nitrogens is 1. The molecule has 0 saturated heterocycles.